The summed E-state index contributed by atoms with van der Waals surface area (Å²) in [5.41, 5.74) is 2.62. The second-order valence-electron chi connectivity index (χ2n) is 7.12. The monoisotopic (exact) mass is 410 g/mol. The van der Waals surface area contributed by atoms with Gasteiger partial charge >= 0.3 is 5.69 Å². The molecule has 0 spiro atoms. The summed E-state index contributed by atoms with van der Waals surface area (Å²) in [4.78, 5) is 24.3. The molecule has 1 N–H and O–H groups in total. The number of benzene rings is 2. The third kappa shape index (κ3) is 4.87. The number of ketones is 1. The van der Waals surface area contributed by atoms with Crippen molar-refractivity contribution in [1.82, 2.24) is 9.13 Å². The summed E-state index contributed by atoms with van der Waals surface area (Å²) < 4.78 is 13.9. The van der Waals surface area contributed by atoms with Gasteiger partial charge in [-0.05, 0) is 44.2 Å². The molecule has 158 valence electrons. The van der Waals surface area contributed by atoms with E-state index in [-0.39, 0.29) is 24.6 Å². The van der Waals surface area contributed by atoms with E-state index in [1.807, 2.05) is 31.2 Å². The number of hydrogen-bond acceptors (Lipinski definition) is 5. The fourth-order valence-electron chi connectivity index (χ4n) is 3.31. The van der Waals surface area contributed by atoms with Gasteiger partial charge in [0.25, 0.3) is 0 Å². The Morgan fingerprint density at radius 3 is 2.50 bits per heavy atom. The summed E-state index contributed by atoms with van der Waals surface area (Å²) in [6.45, 7) is 3.83. The zero-order valence-corrected chi connectivity index (χ0v) is 17.4. The van der Waals surface area contributed by atoms with Crippen LogP contribution >= 0.6 is 0 Å². The van der Waals surface area contributed by atoms with Crippen molar-refractivity contribution in [1.29, 1.82) is 0 Å². The van der Waals surface area contributed by atoms with Crippen LogP contribution in [0.2, 0.25) is 0 Å². The maximum absolute atomic E-state index is 12.8. The number of rotatable bonds is 9. The molecule has 0 fully saturated rings. The van der Waals surface area contributed by atoms with Gasteiger partial charge in [-0.15, -0.1) is 0 Å². The lowest BCUT2D eigenvalue weighted by atomic mass is 10.1. The molecule has 1 aromatic heterocycles. The van der Waals surface area contributed by atoms with Gasteiger partial charge in [-0.3, -0.25) is 13.9 Å². The first-order chi connectivity index (χ1) is 14.4. The summed E-state index contributed by atoms with van der Waals surface area (Å²) in [5, 5.41) is 10.3. The summed E-state index contributed by atoms with van der Waals surface area (Å²) in [7, 11) is 1.60. The van der Waals surface area contributed by atoms with E-state index in [2.05, 4.69) is 0 Å². The highest BCUT2D eigenvalue weighted by atomic mass is 16.5. The molecular formula is C23H26N2O5. The number of para-hydroxylation sites is 1. The molecule has 0 saturated carbocycles. The Bertz CT molecular complexity index is 1070. The first-order valence-corrected chi connectivity index (χ1v) is 9.68. The number of aliphatic hydroxyl groups is 1. The molecule has 0 saturated heterocycles. The molecule has 0 aliphatic carbocycles. The molecule has 0 radical (unpaired) electrons. The second-order valence-corrected chi connectivity index (χ2v) is 7.12. The fourth-order valence-corrected chi connectivity index (χ4v) is 3.31. The van der Waals surface area contributed by atoms with Crippen LogP contribution in [0.15, 0.2) is 59.5 Å². The molecule has 1 unspecified atom stereocenters. The van der Waals surface area contributed by atoms with E-state index >= 15 is 0 Å². The van der Waals surface area contributed by atoms with E-state index in [0.717, 1.165) is 17.0 Å². The predicted octanol–water partition coefficient (Wildman–Crippen LogP) is 2.74. The Hall–Kier alpha value is -3.16. The lowest BCUT2D eigenvalue weighted by Crippen LogP contribution is -2.30. The van der Waals surface area contributed by atoms with Gasteiger partial charge in [-0.1, -0.05) is 18.2 Å². The number of aliphatic hydroxyl groups excluding tert-OH is 1. The quantitative estimate of drug-likeness (QED) is 0.549. The first-order valence-electron chi connectivity index (χ1n) is 9.68. The van der Waals surface area contributed by atoms with Gasteiger partial charge in [-0.2, -0.15) is 0 Å². The highest BCUT2D eigenvalue weighted by Gasteiger charge is 2.14. The van der Waals surface area contributed by atoms with Crippen molar-refractivity contribution in [2.45, 2.75) is 33.1 Å². The molecule has 3 aromatic rings. The third-order valence-electron chi connectivity index (χ3n) is 4.83. The standard InChI is InChI=1S/C23H26N2O5/c1-16-12-24(23(28)25(16)20-10-8-18(9-11-20)17(2)26)13-21(27)15-30-14-19-6-4-5-7-22(19)29-3/h4-12,21,27H,13-15H2,1-3H3. The predicted molar refractivity (Wildman–Crippen MR) is 113 cm³/mol. The van der Waals surface area contributed by atoms with Gasteiger partial charge < -0.3 is 14.6 Å². The molecule has 7 heteroatoms. The van der Waals surface area contributed by atoms with Gasteiger partial charge in [0.1, 0.15) is 5.75 Å². The number of ether oxygens (including phenoxy) is 2. The molecule has 7 nitrogen and oxygen atoms in total. The normalized spacial score (nSPS) is 12.0. The molecule has 1 heterocycles. The largest absolute Gasteiger partial charge is 0.496 e. The van der Waals surface area contributed by atoms with Gasteiger partial charge in [0.2, 0.25) is 0 Å². The average molecular weight is 410 g/mol. The van der Waals surface area contributed by atoms with Crippen LogP contribution in [0.3, 0.4) is 0 Å². The molecule has 0 aliphatic heterocycles. The molecule has 2 aromatic carbocycles. The lowest BCUT2D eigenvalue weighted by Gasteiger charge is -2.13. The zero-order valence-electron chi connectivity index (χ0n) is 17.4. The van der Waals surface area contributed by atoms with Gasteiger partial charge in [0.05, 0.1) is 38.7 Å². The maximum Gasteiger partial charge on any atom is 0.333 e. The minimum absolute atomic E-state index is 0.0283. The number of carbonyl (C=O) groups excluding carboxylic acids is 1. The Morgan fingerprint density at radius 2 is 1.83 bits per heavy atom. The Labute approximate surface area is 175 Å². The topological polar surface area (TPSA) is 82.7 Å². The summed E-state index contributed by atoms with van der Waals surface area (Å²) in [6.07, 6.45) is 0.859. The molecule has 0 amide bonds. The highest BCUT2D eigenvalue weighted by Crippen LogP contribution is 2.18. The number of aryl methyl sites for hydroxylation is 1. The maximum atomic E-state index is 12.8. The third-order valence-corrected chi connectivity index (χ3v) is 4.83. The minimum Gasteiger partial charge on any atom is -0.496 e. The van der Waals surface area contributed by atoms with Crippen LogP contribution in [-0.4, -0.2) is 39.8 Å². The number of imidazole rings is 1. The van der Waals surface area contributed by atoms with Crippen LogP contribution in [-0.2, 0) is 17.9 Å². The van der Waals surface area contributed by atoms with Crippen molar-refractivity contribution in [2.75, 3.05) is 13.7 Å². The molecule has 0 aliphatic rings. The van der Waals surface area contributed by atoms with Crippen molar-refractivity contribution >= 4 is 5.78 Å². The fraction of sp³-hybridized carbons (Fsp3) is 0.304. The van der Waals surface area contributed by atoms with Crippen molar-refractivity contribution in [3.8, 4) is 11.4 Å². The number of Topliss-reactive ketones (excluding diaryl/α,β-unsaturated/α-hetero) is 1. The van der Waals surface area contributed by atoms with E-state index in [9.17, 15) is 14.7 Å². The van der Waals surface area contributed by atoms with Crippen LogP contribution in [0.4, 0.5) is 0 Å². The average Bonchev–Trinajstić information content (AvgIpc) is 3.01. The van der Waals surface area contributed by atoms with E-state index in [1.165, 1.54) is 11.5 Å². The number of hydrogen-bond donors (Lipinski definition) is 1. The first kappa shape index (κ1) is 21.5. The molecule has 0 bridgehead atoms. The molecule has 3 rings (SSSR count). The Morgan fingerprint density at radius 1 is 1.13 bits per heavy atom. The summed E-state index contributed by atoms with van der Waals surface area (Å²) in [6, 6.07) is 14.4. The van der Waals surface area contributed by atoms with Crippen LogP contribution < -0.4 is 10.4 Å². The SMILES string of the molecule is COc1ccccc1COCC(O)Cn1cc(C)n(-c2ccc(C(C)=O)cc2)c1=O. The van der Waals surface area contributed by atoms with Crippen molar-refractivity contribution in [3.05, 3.63) is 82.0 Å². The summed E-state index contributed by atoms with van der Waals surface area (Å²) in [5.74, 6) is 0.700. The van der Waals surface area contributed by atoms with E-state index in [1.54, 1.807) is 42.1 Å². The number of aromatic nitrogens is 2. The van der Waals surface area contributed by atoms with Crippen molar-refractivity contribution < 1.29 is 19.4 Å². The van der Waals surface area contributed by atoms with E-state index in [0.29, 0.717) is 17.9 Å². The van der Waals surface area contributed by atoms with Crippen LogP contribution in [0, 0.1) is 6.92 Å². The highest BCUT2D eigenvalue weighted by molar-refractivity contribution is 5.94. The van der Waals surface area contributed by atoms with Crippen LogP contribution in [0.25, 0.3) is 5.69 Å². The zero-order chi connectivity index (χ0) is 21.7. The number of carbonyl (C=O) groups is 1. The van der Waals surface area contributed by atoms with Gasteiger partial charge in [-0.25, -0.2) is 4.79 Å². The summed E-state index contributed by atoms with van der Waals surface area (Å²) >= 11 is 0. The minimum atomic E-state index is -0.840. The van der Waals surface area contributed by atoms with Gasteiger partial charge in [0, 0.05) is 23.0 Å². The second kappa shape index (κ2) is 9.56. The van der Waals surface area contributed by atoms with E-state index in [4.69, 9.17) is 9.47 Å². The Kier molecular flexibility index (Phi) is 6.87. The number of nitrogens with zero attached hydrogens (tertiary/aromatic N) is 2. The van der Waals surface area contributed by atoms with Gasteiger partial charge in [0.15, 0.2) is 5.78 Å². The molecule has 1 atom stereocenters. The van der Waals surface area contributed by atoms with E-state index < -0.39 is 6.10 Å². The van der Waals surface area contributed by atoms with Crippen molar-refractivity contribution in [3.63, 3.8) is 0 Å². The number of methoxy groups -OCH3 is 1. The van der Waals surface area contributed by atoms with Crippen LogP contribution in [0.5, 0.6) is 5.75 Å². The molecule has 30 heavy (non-hydrogen) atoms. The smallest absolute Gasteiger partial charge is 0.333 e. The van der Waals surface area contributed by atoms with Crippen molar-refractivity contribution in [2.24, 2.45) is 0 Å². The Balaban J connectivity index is 1.65. The molecular weight excluding hydrogens is 384 g/mol. The van der Waals surface area contributed by atoms with Crippen LogP contribution in [0.1, 0.15) is 28.5 Å². The lowest BCUT2D eigenvalue weighted by molar-refractivity contribution is 0.0193.